The van der Waals surface area contributed by atoms with Crippen molar-refractivity contribution in [2.75, 3.05) is 60.0 Å². The Bertz CT molecular complexity index is 621. The van der Waals surface area contributed by atoms with E-state index < -0.39 is 6.09 Å². The molecule has 0 aliphatic carbocycles. The van der Waals surface area contributed by atoms with E-state index in [-0.39, 0.29) is 18.4 Å². The lowest BCUT2D eigenvalue weighted by molar-refractivity contribution is 0.0571. The Morgan fingerprint density at radius 2 is 1.50 bits per heavy atom. The molecule has 0 N–H and O–H groups in total. The zero-order valence-electron chi connectivity index (χ0n) is 15.1. The maximum absolute atomic E-state index is 12.8. The van der Waals surface area contributed by atoms with E-state index >= 15 is 0 Å². The maximum atomic E-state index is 12.8. The molecule has 0 bridgehead atoms. The van der Waals surface area contributed by atoms with E-state index in [9.17, 15) is 9.59 Å². The second kappa shape index (κ2) is 9.38. The monoisotopic (exact) mass is 386 g/mol. The molecule has 1 aromatic rings. The first kappa shape index (κ1) is 20.0. The molecule has 1 fully saturated rings. The number of rotatable bonds is 6. The lowest BCUT2D eigenvalue weighted by Gasteiger charge is -2.34. The summed E-state index contributed by atoms with van der Waals surface area (Å²) >= 11 is 5.51. The van der Waals surface area contributed by atoms with Gasteiger partial charge in [0.1, 0.15) is 6.61 Å². The summed E-state index contributed by atoms with van der Waals surface area (Å²) in [5.74, 6) is 1.35. The number of nitrogens with zero attached hydrogens (tertiary/aromatic N) is 2. The van der Waals surface area contributed by atoms with Crippen molar-refractivity contribution in [1.29, 1.82) is 0 Å². The average molecular weight is 387 g/mol. The fraction of sp³-hybridized carbons (Fsp3) is 0.529. The van der Waals surface area contributed by atoms with Gasteiger partial charge >= 0.3 is 6.09 Å². The number of carbonyl (C=O) groups excluding carboxylic acids is 2. The van der Waals surface area contributed by atoms with E-state index in [2.05, 4.69) is 0 Å². The summed E-state index contributed by atoms with van der Waals surface area (Å²) < 4.78 is 20.8. The quantitative estimate of drug-likeness (QED) is 0.694. The SMILES string of the molecule is COc1cc(C(=O)N2CCN(C(=O)OCCCl)CC2)cc(OC)c1OC. The Morgan fingerprint density at radius 3 is 1.96 bits per heavy atom. The van der Waals surface area contributed by atoms with E-state index in [0.717, 1.165) is 0 Å². The summed E-state index contributed by atoms with van der Waals surface area (Å²) in [5.41, 5.74) is 0.428. The molecule has 2 rings (SSSR count). The topological polar surface area (TPSA) is 77.5 Å². The Hall–Kier alpha value is -2.35. The Morgan fingerprint density at radius 1 is 0.962 bits per heavy atom. The Balaban J connectivity index is 2.07. The highest BCUT2D eigenvalue weighted by atomic mass is 35.5. The average Bonchev–Trinajstić information content (AvgIpc) is 2.70. The predicted octanol–water partition coefficient (Wildman–Crippen LogP) is 1.85. The summed E-state index contributed by atoms with van der Waals surface area (Å²) in [6.07, 6.45) is -0.412. The molecule has 0 saturated carbocycles. The fourth-order valence-electron chi connectivity index (χ4n) is 2.70. The van der Waals surface area contributed by atoms with Gasteiger partial charge in [0.2, 0.25) is 5.75 Å². The van der Waals surface area contributed by atoms with Crippen molar-refractivity contribution in [2.45, 2.75) is 0 Å². The van der Waals surface area contributed by atoms with E-state index in [1.165, 1.54) is 21.3 Å². The molecule has 0 spiro atoms. The van der Waals surface area contributed by atoms with E-state index in [1.54, 1.807) is 21.9 Å². The van der Waals surface area contributed by atoms with Crippen LogP contribution < -0.4 is 14.2 Å². The van der Waals surface area contributed by atoms with Crippen LogP contribution in [-0.4, -0.2) is 81.8 Å². The lowest BCUT2D eigenvalue weighted by Crippen LogP contribution is -2.50. The first-order chi connectivity index (χ1) is 12.5. The number of carbonyl (C=O) groups is 2. The summed E-state index contributed by atoms with van der Waals surface area (Å²) in [4.78, 5) is 27.9. The molecular formula is C17H23ClN2O6. The molecule has 8 nitrogen and oxygen atoms in total. The molecule has 1 aliphatic rings. The van der Waals surface area contributed by atoms with Crippen LogP contribution in [0.1, 0.15) is 10.4 Å². The number of halogens is 1. The molecule has 9 heteroatoms. The standard InChI is InChI=1S/C17H23ClN2O6/c1-23-13-10-12(11-14(24-2)15(13)25-3)16(21)19-5-7-20(8-6-19)17(22)26-9-4-18/h10-11H,4-9H2,1-3H3. The van der Waals surface area contributed by atoms with E-state index in [0.29, 0.717) is 49.0 Å². The molecule has 144 valence electrons. The van der Waals surface area contributed by atoms with Gasteiger partial charge in [0.05, 0.1) is 27.2 Å². The third-order valence-electron chi connectivity index (χ3n) is 4.04. The number of methoxy groups -OCH3 is 3. The smallest absolute Gasteiger partial charge is 0.409 e. The van der Waals surface area contributed by atoms with Gasteiger partial charge in [0, 0.05) is 31.7 Å². The predicted molar refractivity (Wildman–Crippen MR) is 95.6 cm³/mol. The second-order valence-electron chi connectivity index (χ2n) is 5.50. The van der Waals surface area contributed by atoms with Gasteiger partial charge in [-0.2, -0.15) is 0 Å². The molecule has 1 aromatic carbocycles. The Kier molecular flexibility index (Phi) is 7.20. The minimum Gasteiger partial charge on any atom is -0.493 e. The van der Waals surface area contributed by atoms with Gasteiger partial charge in [-0.25, -0.2) is 4.79 Å². The van der Waals surface area contributed by atoms with Crippen molar-refractivity contribution in [3.63, 3.8) is 0 Å². The van der Waals surface area contributed by atoms with Gasteiger partial charge in [-0.05, 0) is 12.1 Å². The van der Waals surface area contributed by atoms with Crippen LogP contribution in [0, 0.1) is 0 Å². The number of benzene rings is 1. The third kappa shape index (κ3) is 4.43. The number of amides is 2. The number of alkyl halides is 1. The molecule has 1 heterocycles. The highest BCUT2D eigenvalue weighted by Crippen LogP contribution is 2.38. The summed E-state index contributed by atoms with van der Waals surface area (Å²) in [6, 6.07) is 3.23. The van der Waals surface area contributed by atoms with Gasteiger partial charge in [0.15, 0.2) is 11.5 Å². The highest BCUT2D eigenvalue weighted by Gasteiger charge is 2.27. The van der Waals surface area contributed by atoms with Gasteiger partial charge in [-0.3, -0.25) is 4.79 Å². The van der Waals surface area contributed by atoms with Gasteiger partial charge in [-0.1, -0.05) is 0 Å². The van der Waals surface area contributed by atoms with Crippen LogP contribution in [0.2, 0.25) is 0 Å². The molecule has 2 amide bonds. The molecule has 0 atom stereocenters. The summed E-state index contributed by atoms with van der Waals surface area (Å²) in [5, 5.41) is 0. The van der Waals surface area contributed by atoms with Gasteiger partial charge in [-0.15, -0.1) is 11.6 Å². The molecular weight excluding hydrogens is 364 g/mol. The maximum Gasteiger partial charge on any atom is 0.409 e. The van der Waals surface area contributed by atoms with Crippen LogP contribution >= 0.6 is 11.6 Å². The van der Waals surface area contributed by atoms with Crippen LogP contribution in [-0.2, 0) is 4.74 Å². The molecule has 1 aliphatic heterocycles. The zero-order valence-corrected chi connectivity index (χ0v) is 15.9. The normalized spacial score (nSPS) is 14.0. The van der Waals surface area contributed by atoms with Crippen molar-refractivity contribution in [2.24, 2.45) is 0 Å². The van der Waals surface area contributed by atoms with Gasteiger partial charge in [0.25, 0.3) is 5.91 Å². The van der Waals surface area contributed by atoms with E-state index in [4.69, 9.17) is 30.5 Å². The van der Waals surface area contributed by atoms with E-state index in [1.807, 2.05) is 0 Å². The number of hydrogen-bond acceptors (Lipinski definition) is 6. The van der Waals surface area contributed by atoms with Crippen molar-refractivity contribution in [3.05, 3.63) is 17.7 Å². The largest absolute Gasteiger partial charge is 0.493 e. The minimum atomic E-state index is -0.412. The Labute approximate surface area is 157 Å². The van der Waals surface area contributed by atoms with Crippen LogP contribution in [0.15, 0.2) is 12.1 Å². The summed E-state index contributed by atoms with van der Waals surface area (Å²) in [7, 11) is 4.50. The van der Waals surface area contributed by atoms with Crippen molar-refractivity contribution >= 4 is 23.6 Å². The number of ether oxygens (including phenoxy) is 4. The van der Waals surface area contributed by atoms with Crippen LogP contribution in [0.25, 0.3) is 0 Å². The highest BCUT2D eigenvalue weighted by molar-refractivity contribution is 6.18. The lowest BCUT2D eigenvalue weighted by atomic mass is 10.1. The molecule has 0 radical (unpaired) electrons. The molecule has 0 unspecified atom stereocenters. The first-order valence-electron chi connectivity index (χ1n) is 8.12. The van der Waals surface area contributed by atoms with Crippen molar-refractivity contribution < 1.29 is 28.5 Å². The number of piperazine rings is 1. The first-order valence-corrected chi connectivity index (χ1v) is 8.66. The summed E-state index contributed by atoms with van der Waals surface area (Å²) in [6.45, 7) is 1.79. The van der Waals surface area contributed by atoms with Crippen LogP contribution in [0.5, 0.6) is 17.2 Å². The molecule has 1 saturated heterocycles. The number of hydrogen-bond donors (Lipinski definition) is 0. The zero-order chi connectivity index (χ0) is 19.1. The molecule has 0 aromatic heterocycles. The minimum absolute atomic E-state index is 0.168. The van der Waals surface area contributed by atoms with Crippen LogP contribution in [0.4, 0.5) is 4.79 Å². The van der Waals surface area contributed by atoms with Crippen molar-refractivity contribution in [3.8, 4) is 17.2 Å². The van der Waals surface area contributed by atoms with Gasteiger partial charge < -0.3 is 28.7 Å². The molecule has 26 heavy (non-hydrogen) atoms. The fourth-order valence-corrected chi connectivity index (χ4v) is 2.77. The third-order valence-corrected chi connectivity index (χ3v) is 4.19. The van der Waals surface area contributed by atoms with Crippen molar-refractivity contribution in [1.82, 2.24) is 9.80 Å². The second-order valence-corrected chi connectivity index (χ2v) is 5.87. The van der Waals surface area contributed by atoms with Crippen LogP contribution in [0.3, 0.4) is 0 Å².